The Balaban J connectivity index is 1.78. The molecule has 0 aliphatic rings. The second-order valence-electron chi connectivity index (χ2n) is 5.06. The predicted octanol–water partition coefficient (Wildman–Crippen LogP) is 2.39. The Morgan fingerprint density at radius 2 is 2.14 bits per heavy atom. The monoisotopic (exact) mass is 319 g/mol. The van der Waals surface area contributed by atoms with Gasteiger partial charge in [-0.25, -0.2) is 9.78 Å². The van der Waals surface area contributed by atoms with Crippen molar-refractivity contribution in [2.45, 2.75) is 25.9 Å². The first-order chi connectivity index (χ1) is 10.7. The van der Waals surface area contributed by atoms with Gasteiger partial charge >= 0.3 is 6.03 Å². The minimum absolute atomic E-state index is 0.0393. The number of benzene rings is 1. The number of urea groups is 1. The van der Waals surface area contributed by atoms with Gasteiger partial charge in [-0.05, 0) is 43.0 Å². The number of hydrogen-bond donors (Lipinski definition) is 2. The molecule has 6 nitrogen and oxygen atoms in total. The van der Waals surface area contributed by atoms with Crippen molar-refractivity contribution in [2.75, 3.05) is 17.3 Å². The van der Waals surface area contributed by atoms with E-state index in [9.17, 15) is 4.79 Å². The molecule has 1 aromatic heterocycles. The molecule has 0 unspecified atom stereocenters. The lowest BCUT2D eigenvalue weighted by Crippen LogP contribution is -2.38. The molecule has 2 rings (SSSR count). The Labute approximate surface area is 134 Å². The molecule has 2 aromatic rings. The SMILES string of the molecule is CSCCc1ccc(NC(=O)N[C@H](C)Cn2cncn2)cc1. The van der Waals surface area contributed by atoms with Gasteiger partial charge in [0.1, 0.15) is 12.7 Å². The van der Waals surface area contributed by atoms with Crippen molar-refractivity contribution >= 4 is 23.5 Å². The van der Waals surface area contributed by atoms with Crippen molar-refractivity contribution in [1.29, 1.82) is 0 Å². The zero-order valence-electron chi connectivity index (χ0n) is 12.8. The molecule has 1 atom stereocenters. The van der Waals surface area contributed by atoms with Gasteiger partial charge in [-0.15, -0.1) is 0 Å². The van der Waals surface area contributed by atoms with Gasteiger partial charge in [-0.3, -0.25) is 4.68 Å². The molecule has 0 radical (unpaired) electrons. The van der Waals surface area contributed by atoms with Crippen molar-refractivity contribution in [3.05, 3.63) is 42.5 Å². The first-order valence-electron chi connectivity index (χ1n) is 7.15. The summed E-state index contributed by atoms with van der Waals surface area (Å²) in [4.78, 5) is 15.8. The number of nitrogens with zero attached hydrogens (tertiary/aromatic N) is 3. The van der Waals surface area contributed by atoms with E-state index in [1.807, 2.05) is 43.0 Å². The highest BCUT2D eigenvalue weighted by molar-refractivity contribution is 7.98. The summed E-state index contributed by atoms with van der Waals surface area (Å²) in [6, 6.07) is 7.69. The number of nitrogens with one attached hydrogen (secondary N) is 2. The van der Waals surface area contributed by atoms with Crippen LogP contribution in [-0.4, -0.2) is 38.8 Å². The first kappa shape index (κ1) is 16.4. The van der Waals surface area contributed by atoms with E-state index in [1.165, 1.54) is 11.9 Å². The molecular weight excluding hydrogens is 298 g/mol. The Morgan fingerprint density at radius 1 is 1.36 bits per heavy atom. The number of anilines is 1. The summed E-state index contributed by atoms with van der Waals surface area (Å²) >= 11 is 1.83. The van der Waals surface area contributed by atoms with Gasteiger partial charge in [0.25, 0.3) is 0 Å². The number of thioether (sulfide) groups is 1. The molecule has 7 heteroatoms. The maximum atomic E-state index is 11.9. The summed E-state index contributed by atoms with van der Waals surface area (Å²) < 4.78 is 1.69. The van der Waals surface area contributed by atoms with Crippen LogP contribution in [0.25, 0.3) is 0 Å². The van der Waals surface area contributed by atoms with E-state index >= 15 is 0 Å². The third kappa shape index (κ3) is 5.40. The molecule has 118 valence electrons. The average molecular weight is 319 g/mol. The highest BCUT2D eigenvalue weighted by Gasteiger charge is 2.08. The first-order valence-corrected chi connectivity index (χ1v) is 8.54. The van der Waals surface area contributed by atoms with Crippen LogP contribution in [0.3, 0.4) is 0 Å². The number of carbonyl (C=O) groups excluding carboxylic acids is 1. The average Bonchev–Trinajstić information content (AvgIpc) is 2.99. The normalized spacial score (nSPS) is 11.9. The molecular formula is C15H21N5OS. The lowest BCUT2D eigenvalue weighted by atomic mass is 10.1. The van der Waals surface area contributed by atoms with Crippen molar-refractivity contribution in [2.24, 2.45) is 0 Å². The molecule has 2 N–H and O–H groups in total. The Kier molecular flexibility index (Phi) is 6.27. The zero-order chi connectivity index (χ0) is 15.8. The topological polar surface area (TPSA) is 71.8 Å². The third-order valence-electron chi connectivity index (χ3n) is 3.11. The van der Waals surface area contributed by atoms with Crippen molar-refractivity contribution in [3.63, 3.8) is 0 Å². The minimum Gasteiger partial charge on any atom is -0.334 e. The molecule has 2 amide bonds. The molecule has 0 spiro atoms. The Hall–Kier alpha value is -2.02. The quantitative estimate of drug-likeness (QED) is 0.822. The predicted molar refractivity (Wildman–Crippen MR) is 90.2 cm³/mol. The van der Waals surface area contributed by atoms with E-state index in [0.717, 1.165) is 17.9 Å². The van der Waals surface area contributed by atoms with Crippen LogP contribution >= 0.6 is 11.8 Å². The summed E-state index contributed by atoms with van der Waals surface area (Å²) in [6.07, 6.45) is 6.25. The number of carbonyl (C=O) groups is 1. The number of amides is 2. The lowest BCUT2D eigenvalue weighted by Gasteiger charge is -2.14. The fourth-order valence-corrected chi connectivity index (χ4v) is 2.46. The van der Waals surface area contributed by atoms with Crippen LogP contribution in [0.4, 0.5) is 10.5 Å². The molecule has 0 saturated carbocycles. The van der Waals surface area contributed by atoms with E-state index < -0.39 is 0 Å². The molecule has 22 heavy (non-hydrogen) atoms. The number of aryl methyl sites for hydroxylation is 1. The number of aromatic nitrogens is 3. The van der Waals surface area contributed by atoms with Crippen LogP contribution in [0.2, 0.25) is 0 Å². The highest BCUT2D eigenvalue weighted by atomic mass is 32.2. The standard InChI is InChI=1S/C15H21N5OS/c1-12(9-20-11-16-10-17-20)18-15(21)19-14-5-3-13(4-6-14)7-8-22-2/h3-6,10-12H,7-9H2,1-2H3,(H2,18,19,21)/t12-/m1/s1. The Morgan fingerprint density at radius 3 is 2.77 bits per heavy atom. The fraction of sp³-hybridized carbons (Fsp3) is 0.400. The van der Waals surface area contributed by atoms with Crippen LogP contribution in [0.15, 0.2) is 36.9 Å². The van der Waals surface area contributed by atoms with Crippen LogP contribution in [-0.2, 0) is 13.0 Å². The molecule has 1 aromatic carbocycles. The van der Waals surface area contributed by atoms with Crippen LogP contribution < -0.4 is 10.6 Å². The minimum atomic E-state index is -0.218. The van der Waals surface area contributed by atoms with Crippen molar-refractivity contribution < 1.29 is 4.79 Å². The Bertz CT molecular complexity index is 570. The maximum absolute atomic E-state index is 11.9. The fourth-order valence-electron chi connectivity index (χ4n) is 2.02. The molecule has 0 fully saturated rings. The third-order valence-corrected chi connectivity index (χ3v) is 3.72. The summed E-state index contributed by atoms with van der Waals surface area (Å²) in [5.74, 6) is 1.10. The van der Waals surface area contributed by atoms with E-state index in [2.05, 4.69) is 27.0 Å². The zero-order valence-corrected chi connectivity index (χ0v) is 13.6. The second kappa shape index (κ2) is 8.43. The second-order valence-corrected chi connectivity index (χ2v) is 6.04. The molecule has 0 saturated heterocycles. The van der Waals surface area contributed by atoms with Gasteiger partial charge in [0.05, 0.1) is 6.54 Å². The van der Waals surface area contributed by atoms with Crippen molar-refractivity contribution in [1.82, 2.24) is 20.1 Å². The van der Waals surface area contributed by atoms with Gasteiger partial charge in [-0.1, -0.05) is 12.1 Å². The van der Waals surface area contributed by atoms with Crippen molar-refractivity contribution in [3.8, 4) is 0 Å². The van der Waals surface area contributed by atoms with Gasteiger partial charge in [0.2, 0.25) is 0 Å². The van der Waals surface area contributed by atoms with Crippen LogP contribution in [0, 0.1) is 0 Å². The van der Waals surface area contributed by atoms with Gasteiger partial charge in [-0.2, -0.15) is 16.9 Å². The molecule has 0 bridgehead atoms. The summed E-state index contributed by atoms with van der Waals surface area (Å²) in [6.45, 7) is 2.51. The molecule has 0 aliphatic carbocycles. The van der Waals surface area contributed by atoms with Crippen LogP contribution in [0.5, 0.6) is 0 Å². The number of rotatable bonds is 7. The maximum Gasteiger partial charge on any atom is 0.319 e. The number of hydrogen-bond acceptors (Lipinski definition) is 4. The van der Waals surface area contributed by atoms with E-state index in [1.54, 1.807) is 11.0 Å². The smallest absolute Gasteiger partial charge is 0.319 e. The van der Waals surface area contributed by atoms with E-state index in [-0.39, 0.29) is 12.1 Å². The van der Waals surface area contributed by atoms with Gasteiger partial charge < -0.3 is 10.6 Å². The molecule has 1 heterocycles. The molecule has 0 aliphatic heterocycles. The van der Waals surface area contributed by atoms with Gasteiger partial charge in [0, 0.05) is 11.7 Å². The van der Waals surface area contributed by atoms with E-state index in [0.29, 0.717) is 6.54 Å². The summed E-state index contributed by atoms with van der Waals surface area (Å²) in [5, 5.41) is 9.72. The summed E-state index contributed by atoms with van der Waals surface area (Å²) in [5.41, 5.74) is 2.07. The van der Waals surface area contributed by atoms with Crippen LogP contribution in [0.1, 0.15) is 12.5 Å². The highest BCUT2D eigenvalue weighted by Crippen LogP contribution is 2.11. The lowest BCUT2D eigenvalue weighted by molar-refractivity contribution is 0.247. The van der Waals surface area contributed by atoms with E-state index in [4.69, 9.17) is 0 Å². The largest absolute Gasteiger partial charge is 0.334 e. The van der Waals surface area contributed by atoms with Gasteiger partial charge in [0.15, 0.2) is 0 Å². The summed E-state index contributed by atoms with van der Waals surface area (Å²) in [7, 11) is 0.